The molecule has 84 valence electrons. The van der Waals surface area contributed by atoms with Crippen molar-refractivity contribution in [3.05, 3.63) is 28.8 Å². The van der Waals surface area contributed by atoms with Crippen molar-refractivity contribution in [1.29, 1.82) is 0 Å². The van der Waals surface area contributed by atoms with Crippen LogP contribution in [0.2, 0.25) is 5.28 Å². The van der Waals surface area contributed by atoms with E-state index in [1.165, 1.54) is 0 Å². The number of aryl methyl sites for hydroxylation is 2. The maximum Gasteiger partial charge on any atom is 0.224 e. The summed E-state index contributed by atoms with van der Waals surface area (Å²) >= 11 is 5.81. The first-order valence-corrected chi connectivity index (χ1v) is 5.37. The minimum absolute atomic E-state index is 0.245. The van der Waals surface area contributed by atoms with Crippen molar-refractivity contribution in [1.82, 2.24) is 20.2 Å². The van der Waals surface area contributed by atoms with Crippen LogP contribution in [0.5, 0.6) is 0 Å². The van der Waals surface area contributed by atoms with E-state index in [4.69, 9.17) is 11.6 Å². The second-order valence-electron chi connectivity index (χ2n) is 3.43. The average molecular weight is 238 g/mol. The summed E-state index contributed by atoms with van der Waals surface area (Å²) in [7, 11) is 0. The molecule has 0 aliphatic rings. The second-order valence-corrected chi connectivity index (χ2v) is 3.77. The number of rotatable bonds is 3. The topological polar surface area (TPSA) is 66.5 Å². The molecule has 0 bridgehead atoms. The van der Waals surface area contributed by atoms with Gasteiger partial charge in [0.2, 0.25) is 5.28 Å². The average Bonchev–Trinajstić information content (AvgIpc) is 2.63. The van der Waals surface area contributed by atoms with E-state index >= 15 is 0 Å². The highest BCUT2D eigenvalue weighted by Gasteiger charge is 2.03. The van der Waals surface area contributed by atoms with Crippen LogP contribution in [0.1, 0.15) is 18.3 Å². The molecule has 6 heteroatoms. The minimum atomic E-state index is 0.245. The number of anilines is 2. The first-order valence-electron chi connectivity index (χ1n) is 5.00. The molecule has 0 aromatic carbocycles. The van der Waals surface area contributed by atoms with Gasteiger partial charge in [0.15, 0.2) is 5.82 Å². The fourth-order valence-electron chi connectivity index (χ4n) is 1.32. The molecule has 0 saturated carbocycles. The van der Waals surface area contributed by atoms with E-state index in [0.717, 1.165) is 17.8 Å². The Morgan fingerprint density at radius 3 is 2.75 bits per heavy atom. The number of hydrogen-bond donors (Lipinski definition) is 2. The van der Waals surface area contributed by atoms with Gasteiger partial charge >= 0.3 is 0 Å². The summed E-state index contributed by atoms with van der Waals surface area (Å²) in [5, 5.41) is 10.2. The zero-order valence-corrected chi connectivity index (χ0v) is 9.84. The van der Waals surface area contributed by atoms with Crippen LogP contribution in [-0.4, -0.2) is 20.2 Å². The summed E-state index contributed by atoms with van der Waals surface area (Å²) in [6.07, 6.45) is 0.816. The number of H-pyrrole nitrogens is 1. The van der Waals surface area contributed by atoms with E-state index in [1.54, 1.807) is 0 Å². The highest BCUT2D eigenvalue weighted by molar-refractivity contribution is 6.28. The van der Waals surface area contributed by atoms with Gasteiger partial charge in [-0.05, 0) is 24.9 Å². The Bertz CT molecular complexity index is 494. The van der Waals surface area contributed by atoms with Gasteiger partial charge in [-0.3, -0.25) is 5.10 Å². The third kappa shape index (κ3) is 2.49. The van der Waals surface area contributed by atoms with Crippen LogP contribution < -0.4 is 5.32 Å². The Kier molecular flexibility index (Phi) is 3.05. The lowest BCUT2D eigenvalue weighted by molar-refractivity contribution is 0.997. The Balaban J connectivity index is 2.24. The van der Waals surface area contributed by atoms with E-state index < -0.39 is 0 Å². The van der Waals surface area contributed by atoms with Crippen LogP contribution in [0.3, 0.4) is 0 Å². The largest absolute Gasteiger partial charge is 0.323 e. The van der Waals surface area contributed by atoms with Gasteiger partial charge in [-0.1, -0.05) is 6.92 Å². The number of nitrogens with zero attached hydrogens (tertiary/aromatic N) is 3. The molecule has 2 heterocycles. The number of nitrogens with one attached hydrogen (secondary N) is 2. The van der Waals surface area contributed by atoms with Crippen LogP contribution in [0.25, 0.3) is 0 Å². The van der Waals surface area contributed by atoms with Crippen LogP contribution in [0, 0.1) is 6.92 Å². The van der Waals surface area contributed by atoms with Crippen molar-refractivity contribution in [3.63, 3.8) is 0 Å². The van der Waals surface area contributed by atoms with Crippen molar-refractivity contribution in [3.8, 4) is 0 Å². The first-order chi connectivity index (χ1) is 7.67. The lowest BCUT2D eigenvalue weighted by atomic mass is 10.3. The lowest BCUT2D eigenvalue weighted by Crippen LogP contribution is -1.98. The van der Waals surface area contributed by atoms with Gasteiger partial charge in [0.25, 0.3) is 0 Å². The summed E-state index contributed by atoms with van der Waals surface area (Å²) in [4.78, 5) is 8.16. The SMILES string of the molecule is CCc1cc(Nc2cc(C)[nH]n2)nc(Cl)n1. The molecule has 0 amide bonds. The quantitative estimate of drug-likeness (QED) is 0.805. The van der Waals surface area contributed by atoms with Crippen molar-refractivity contribution >= 4 is 23.2 Å². The van der Waals surface area contributed by atoms with Crippen molar-refractivity contribution in [2.24, 2.45) is 0 Å². The Morgan fingerprint density at radius 2 is 2.12 bits per heavy atom. The van der Waals surface area contributed by atoms with Crippen LogP contribution >= 0.6 is 11.6 Å². The summed E-state index contributed by atoms with van der Waals surface area (Å²) < 4.78 is 0. The minimum Gasteiger partial charge on any atom is -0.323 e. The Labute approximate surface area is 98.3 Å². The molecule has 2 aromatic heterocycles. The number of hydrogen-bond acceptors (Lipinski definition) is 4. The summed E-state index contributed by atoms with van der Waals surface area (Å²) in [6, 6.07) is 3.75. The van der Waals surface area contributed by atoms with Gasteiger partial charge in [-0.2, -0.15) is 5.10 Å². The third-order valence-electron chi connectivity index (χ3n) is 2.08. The maximum atomic E-state index is 5.81. The standard InChI is InChI=1S/C10H12ClN5/c1-3-7-5-8(14-10(11)12-7)13-9-4-6(2)15-16-9/h4-5H,3H2,1-2H3,(H2,12,13,14,15,16). The molecule has 0 atom stereocenters. The molecule has 0 saturated heterocycles. The highest BCUT2D eigenvalue weighted by atomic mass is 35.5. The molecule has 0 fully saturated rings. The predicted octanol–water partition coefficient (Wildman–Crippen LogP) is 2.47. The molecule has 0 aliphatic carbocycles. The molecule has 0 unspecified atom stereocenters. The maximum absolute atomic E-state index is 5.81. The molecule has 16 heavy (non-hydrogen) atoms. The van der Waals surface area contributed by atoms with E-state index in [1.807, 2.05) is 26.0 Å². The number of aromatic amines is 1. The summed E-state index contributed by atoms with van der Waals surface area (Å²) in [5.41, 5.74) is 1.88. The van der Waals surface area contributed by atoms with Crippen molar-refractivity contribution in [2.45, 2.75) is 20.3 Å². The smallest absolute Gasteiger partial charge is 0.224 e. The van der Waals surface area contributed by atoms with Crippen LogP contribution in [0.4, 0.5) is 11.6 Å². The normalized spacial score (nSPS) is 10.4. The molecule has 0 spiro atoms. The fourth-order valence-corrected chi connectivity index (χ4v) is 1.52. The molecule has 2 aromatic rings. The van der Waals surface area contributed by atoms with E-state index in [9.17, 15) is 0 Å². The molecular formula is C10H12ClN5. The van der Waals surface area contributed by atoms with Gasteiger partial charge in [-0.15, -0.1) is 0 Å². The molecule has 5 nitrogen and oxygen atoms in total. The predicted molar refractivity (Wildman–Crippen MR) is 63.0 cm³/mol. The van der Waals surface area contributed by atoms with Crippen LogP contribution in [-0.2, 0) is 6.42 Å². The lowest BCUT2D eigenvalue weighted by Gasteiger charge is -2.03. The molecule has 2 rings (SSSR count). The van der Waals surface area contributed by atoms with E-state index in [-0.39, 0.29) is 5.28 Å². The van der Waals surface area contributed by atoms with Gasteiger partial charge in [-0.25, -0.2) is 9.97 Å². The number of aromatic nitrogens is 4. The van der Waals surface area contributed by atoms with E-state index in [0.29, 0.717) is 11.6 Å². The Hall–Kier alpha value is -1.62. The summed E-state index contributed by atoms with van der Waals surface area (Å²) in [5.74, 6) is 1.37. The Morgan fingerprint density at radius 1 is 1.31 bits per heavy atom. The van der Waals surface area contributed by atoms with Gasteiger partial charge < -0.3 is 5.32 Å². The number of halogens is 1. The van der Waals surface area contributed by atoms with Crippen molar-refractivity contribution in [2.75, 3.05) is 5.32 Å². The fraction of sp³-hybridized carbons (Fsp3) is 0.300. The zero-order valence-electron chi connectivity index (χ0n) is 9.08. The van der Waals surface area contributed by atoms with E-state index in [2.05, 4.69) is 25.5 Å². The third-order valence-corrected chi connectivity index (χ3v) is 2.25. The van der Waals surface area contributed by atoms with Gasteiger partial charge in [0.1, 0.15) is 5.82 Å². The molecule has 0 radical (unpaired) electrons. The van der Waals surface area contributed by atoms with Crippen LogP contribution in [0.15, 0.2) is 12.1 Å². The monoisotopic (exact) mass is 237 g/mol. The highest BCUT2D eigenvalue weighted by Crippen LogP contribution is 2.15. The zero-order chi connectivity index (χ0) is 11.5. The van der Waals surface area contributed by atoms with Gasteiger partial charge in [0.05, 0.1) is 0 Å². The first kappa shape index (κ1) is 10.9. The van der Waals surface area contributed by atoms with Crippen molar-refractivity contribution < 1.29 is 0 Å². The second kappa shape index (κ2) is 4.49. The summed E-state index contributed by atoms with van der Waals surface area (Å²) in [6.45, 7) is 3.95. The molecular weight excluding hydrogens is 226 g/mol. The van der Waals surface area contributed by atoms with Gasteiger partial charge in [0, 0.05) is 23.5 Å². The molecule has 0 aliphatic heterocycles. The molecule has 2 N–H and O–H groups in total.